The van der Waals surface area contributed by atoms with Crippen molar-refractivity contribution in [3.63, 3.8) is 0 Å². The number of carbonyl (C=O) groups is 2. The zero-order chi connectivity index (χ0) is 21.2. The molecule has 2 rings (SSSR count). The zero-order valence-corrected chi connectivity index (χ0v) is 16.9. The van der Waals surface area contributed by atoms with Gasteiger partial charge in [0.15, 0.2) is 11.5 Å². The Kier molecular flexibility index (Phi) is 8.33. The number of benzene rings is 2. The molecular formula is C22H27NO6. The molecule has 1 amide bonds. The first-order valence-electron chi connectivity index (χ1n) is 9.41. The van der Waals surface area contributed by atoms with Gasteiger partial charge in [-0.25, -0.2) is 0 Å². The molecule has 0 fully saturated rings. The summed E-state index contributed by atoms with van der Waals surface area (Å²) in [5.74, 6) is 0.539. The highest BCUT2D eigenvalue weighted by atomic mass is 16.5. The lowest BCUT2D eigenvalue weighted by Gasteiger charge is -2.18. The molecule has 2 N–H and O–H groups in total. The third-order valence-electron chi connectivity index (χ3n) is 4.28. The Labute approximate surface area is 170 Å². The van der Waals surface area contributed by atoms with Gasteiger partial charge in [-0.3, -0.25) is 9.59 Å². The highest BCUT2D eigenvalue weighted by molar-refractivity contribution is 5.80. The van der Waals surface area contributed by atoms with E-state index in [9.17, 15) is 14.7 Å². The van der Waals surface area contributed by atoms with Crippen LogP contribution in [0, 0.1) is 0 Å². The van der Waals surface area contributed by atoms with Crippen molar-refractivity contribution in [3.8, 4) is 17.2 Å². The Morgan fingerprint density at radius 2 is 1.72 bits per heavy atom. The molecular weight excluding hydrogens is 374 g/mol. The van der Waals surface area contributed by atoms with Crippen molar-refractivity contribution < 1.29 is 28.9 Å². The molecule has 2 aromatic rings. The van der Waals surface area contributed by atoms with Gasteiger partial charge in [-0.2, -0.15) is 0 Å². The molecule has 156 valence electrons. The largest absolute Gasteiger partial charge is 0.494 e. The van der Waals surface area contributed by atoms with E-state index in [1.165, 1.54) is 7.11 Å². The van der Waals surface area contributed by atoms with Crippen molar-refractivity contribution >= 4 is 11.9 Å². The predicted molar refractivity (Wildman–Crippen MR) is 109 cm³/mol. The number of hydrogen-bond donors (Lipinski definition) is 2. The lowest BCUT2D eigenvalue weighted by molar-refractivity contribution is -0.137. The van der Waals surface area contributed by atoms with Gasteiger partial charge in [-0.1, -0.05) is 25.1 Å². The summed E-state index contributed by atoms with van der Waals surface area (Å²) >= 11 is 0. The number of amides is 1. The molecule has 29 heavy (non-hydrogen) atoms. The third kappa shape index (κ3) is 6.71. The van der Waals surface area contributed by atoms with E-state index in [0.29, 0.717) is 29.4 Å². The molecule has 0 saturated heterocycles. The number of hydrogen-bond acceptors (Lipinski definition) is 5. The highest BCUT2D eigenvalue weighted by Crippen LogP contribution is 2.28. The Morgan fingerprint density at radius 3 is 2.31 bits per heavy atom. The zero-order valence-electron chi connectivity index (χ0n) is 16.9. The van der Waals surface area contributed by atoms with E-state index in [1.54, 1.807) is 49.6 Å². The van der Waals surface area contributed by atoms with Crippen LogP contribution in [-0.4, -0.2) is 37.8 Å². The quantitative estimate of drug-likeness (QED) is 0.600. The van der Waals surface area contributed by atoms with Gasteiger partial charge in [-0.15, -0.1) is 0 Å². The molecule has 0 bridgehead atoms. The van der Waals surface area contributed by atoms with Gasteiger partial charge in [0.05, 0.1) is 39.7 Å². The topological polar surface area (TPSA) is 94.1 Å². The van der Waals surface area contributed by atoms with Crippen molar-refractivity contribution in [1.29, 1.82) is 0 Å². The first kappa shape index (κ1) is 22.1. The van der Waals surface area contributed by atoms with Gasteiger partial charge in [0.2, 0.25) is 5.91 Å². The summed E-state index contributed by atoms with van der Waals surface area (Å²) in [5, 5.41) is 12.0. The summed E-state index contributed by atoms with van der Waals surface area (Å²) in [4.78, 5) is 23.8. The van der Waals surface area contributed by atoms with Gasteiger partial charge in [0, 0.05) is 0 Å². The van der Waals surface area contributed by atoms with Crippen LogP contribution < -0.4 is 19.5 Å². The minimum Gasteiger partial charge on any atom is -0.494 e. The summed E-state index contributed by atoms with van der Waals surface area (Å²) in [6.45, 7) is 2.63. The van der Waals surface area contributed by atoms with Gasteiger partial charge in [0.1, 0.15) is 5.75 Å². The fraction of sp³-hybridized carbons (Fsp3) is 0.364. The van der Waals surface area contributed by atoms with Crippen molar-refractivity contribution in [2.45, 2.75) is 32.2 Å². The van der Waals surface area contributed by atoms with Crippen LogP contribution in [0.15, 0.2) is 42.5 Å². The monoisotopic (exact) mass is 401 g/mol. The number of ether oxygens (including phenoxy) is 3. The van der Waals surface area contributed by atoms with Crippen LogP contribution in [0.2, 0.25) is 0 Å². The molecule has 0 heterocycles. The van der Waals surface area contributed by atoms with Crippen LogP contribution in [0.5, 0.6) is 17.2 Å². The molecule has 7 heteroatoms. The molecule has 1 atom stereocenters. The van der Waals surface area contributed by atoms with Gasteiger partial charge in [-0.05, 0) is 41.8 Å². The molecule has 0 radical (unpaired) electrons. The van der Waals surface area contributed by atoms with Gasteiger partial charge >= 0.3 is 5.97 Å². The number of rotatable bonds is 11. The maximum atomic E-state index is 12.5. The Hall–Kier alpha value is -3.22. The van der Waals surface area contributed by atoms with Crippen LogP contribution in [0.25, 0.3) is 0 Å². The highest BCUT2D eigenvalue weighted by Gasteiger charge is 2.19. The summed E-state index contributed by atoms with van der Waals surface area (Å²) < 4.78 is 16.0. The summed E-state index contributed by atoms with van der Waals surface area (Å²) in [6.07, 6.45) is 0.774. The number of carboxylic acids is 1. The second-order valence-corrected chi connectivity index (χ2v) is 6.50. The van der Waals surface area contributed by atoms with E-state index in [4.69, 9.17) is 14.2 Å². The number of carbonyl (C=O) groups excluding carboxylic acids is 1. The minimum absolute atomic E-state index is 0.0914. The third-order valence-corrected chi connectivity index (χ3v) is 4.28. The molecule has 0 aliphatic heterocycles. The van der Waals surface area contributed by atoms with Crippen molar-refractivity contribution in [1.82, 2.24) is 5.32 Å². The number of methoxy groups -OCH3 is 2. The molecule has 0 unspecified atom stereocenters. The lowest BCUT2D eigenvalue weighted by Crippen LogP contribution is -2.31. The van der Waals surface area contributed by atoms with Crippen LogP contribution >= 0.6 is 0 Å². The molecule has 0 aliphatic carbocycles. The SMILES string of the molecule is CCCOc1ccc([C@@H](CC(=O)O)NC(=O)Cc2ccc(OC)c(OC)c2)cc1. The maximum absolute atomic E-state index is 12.5. The Bertz CT molecular complexity index is 819. The maximum Gasteiger partial charge on any atom is 0.305 e. The molecule has 0 spiro atoms. The smallest absolute Gasteiger partial charge is 0.305 e. The van der Waals surface area contributed by atoms with Crippen molar-refractivity contribution in [3.05, 3.63) is 53.6 Å². The summed E-state index contributed by atoms with van der Waals surface area (Å²) in [6, 6.07) is 11.7. The minimum atomic E-state index is -0.993. The predicted octanol–water partition coefficient (Wildman–Crippen LogP) is 3.37. The average Bonchev–Trinajstić information content (AvgIpc) is 2.71. The number of nitrogens with one attached hydrogen (secondary N) is 1. The molecule has 0 saturated carbocycles. The number of aliphatic carboxylic acids is 1. The molecule has 7 nitrogen and oxygen atoms in total. The second kappa shape index (κ2) is 10.9. The Balaban J connectivity index is 2.09. The van der Waals surface area contributed by atoms with E-state index in [0.717, 1.165) is 12.0 Å². The van der Waals surface area contributed by atoms with Crippen molar-refractivity contribution in [2.75, 3.05) is 20.8 Å². The van der Waals surface area contributed by atoms with E-state index in [1.807, 2.05) is 6.92 Å². The Morgan fingerprint density at radius 1 is 1.03 bits per heavy atom. The second-order valence-electron chi connectivity index (χ2n) is 6.50. The molecule has 0 aliphatic rings. The normalized spacial score (nSPS) is 11.4. The standard InChI is InChI=1S/C22H27NO6/c1-4-11-29-17-8-6-16(7-9-17)18(14-22(25)26)23-21(24)13-15-5-10-19(27-2)20(12-15)28-3/h5-10,12,18H,4,11,13-14H2,1-3H3,(H,23,24)(H,25,26)/t18-/m1/s1. The fourth-order valence-electron chi connectivity index (χ4n) is 2.86. The first-order chi connectivity index (χ1) is 14.0. The molecule has 0 aromatic heterocycles. The first-order valence-corrected chi connectivity index (χ1v) is 9.41. The van der Waals surface area contributed by atoms with Gasteiger partial charge in [0.25, 0.3) is 0 Å². The average molecular weight is 401 g/mol. The van der Waals surface area contributed by atoms with Crippen LogP contribution in [-0.2, 0) is 16.0 Å². The van der Waals surface area contributed by atoms with Gasteiger partial charge < -0.3 is 24.6 Å². The van der Waals surface area contributed by atoms with E-state index in [-0.39, 0.29) is 18.7 Å². The number of carboxylic acid groups (broad SMARTS) is 1. The van der Waals surface area contributed by atoms with E-state index < -0.39 is 12.0 Å². The summed E-state index contributed by atoms with van der Waals surface area (Å²) in [5.41, 5.74) is 1.44. The van der Waals surface area contributed by atoms with Crippen molar-refractivity contribution in [2.24, 2.45) is 0 Å². The summed E-state index contributed by atoms with van der Waals surface area (Å²) in [7, 11) is 3.07. The molecule has 2 aromatic carbocycles. The lowest BCUT2D eigenvalue weighted by atomic mass is 10.0. The van der Waals surface area contributed by atoms with E-state index >= 15 is 0 Å². The van der Waals surface area contributed by atoms with Crippen LogP contribution in [0.3, 0.4) is 0 Å². The van der Waals surface area contributed by atoms with Crippen LogP contribution in [0.4, 0.5) is 0 Å². The van der Waals surface area contributed by atoms with E-state index in [2.05, 4.69) is 5.32 Å². The fourth-order valence-corrected chi connectivity index (χ4v) is 2.86. The van der Waals surface area contributed by atoms with Crippen LogP contribution in [0.1, 0.15) is 36.9 Å².